The van der Waals surface area contributed by atoms with Crippen LogP contribution in [0.2, 0.25) is 0 Å². The van der Waals surface area contributed by atoms with Crippen molar-refractivity contribution in [2.45, 2.75) is 67.6 Å². The maximum atomic E-state index is 13.5. The van der Waals surface area contributed by atoms with Crippen LogP contribution in [-0.2, 0) is 4.79 Å². The molecule has 0 aromatic heterocycles. The molecule has 1 N–H and O–H groups in total. The molecule has 190 valence electrons. The van der Waals surface area contributed by atoms with Crippen molar-refractivity contribution in [3.05, 3.63) is 11.6 Å². The van der Waals surface area contributed by atoms with Gasteiger partial charge in [0.25, 0.3) is 0 Å². The fraction of sp³-hybridized carbons (Fsp3) is 0.786. The van der Waals surface area contributed by atoms with Crippen LogP contribution in [0.25, 0.3) is 0 Å². The Morgan fingerprint density at radius 3 is 1.41 bits per heavy atom. The molecule has 0 heterocycles. The summed E-state index contributed by atoms with van der Waals surface area (Å²) in [7, 11) is 0. The van der Waals surface area contributed by atoms with Crippen LogP contribution < -0.4 is 0 Å². The number of alkyl halides is 16. The van der Waals surface area contributed by atoms with Gasteiger partial charge in [-0.15, -0.1) is 0 Å². The number of rotatable bonds is 11. The van der Waals surface area contributed by atoms with E-state index in [-0.39, 0.29) is 6.08 Å². The molecule has 0 saturated heterocycles. The first kappa shape index (κ1) is 30.1. The van der Waals surface area contributed by atoms with Crippen LogP contribution in [0.15, 0.2) is 11.6 Å². The van der Waals surface area contributed by atoms with Gasteiger partial charge in [-0.3, -0.25) is 0 Å². The number of halogens is 16. The summed E-state index contributed by atoms with van der Waals surface area (Å²) in [6.07, 6.45) is -9.91. The van der Waals surface area contributed by atoms with Gasteiger partial charge in [0.15, 0.2) is 0 Å². The van der Waals surface area contributed by atoms with E-state index in [9.17, 15) is 75.0 Å². The zero-order chi connectivity index (χ0) is 26.4. The number of carbonyl (C=O) groups is 1. The second-order valence-electron chi connectivity index (χ2n) is 6.23. The highest BCUT2D eigenvalue weighted by molar-refractivity contribution is 5.85. The summed E-state index contributed by atoms with van der Waals surface area (Å²) in [5.41, 5.74) is -0.846. The fourth-order valence-electron chi connectivity index (χ4n) is 1.88. The van der Waals surface area contributed by atoms with Gasteiger partial charge in [-0.25, -0.2) is 13.6 Å². The average molecular weight is 514 g/mol. The molecule has 0 bridgehead atoms. The van der Waals surface area contributed by atoms with Crippen LogP contribution in [0.3, 0.4) is 0 Å². The summed E-state index contributed by atoms with van der Waals surface area (Å²) in [4.78, 5) is 10.4. The molecule has 18 heteroatoms. The Morgan fingerprint density at radius 2 is 1.06 bits per heavy atom. The van der Waals surface area contributed by atoms with Crippen molar-refractivity contribution in [1.29, 1.82) is 0 Å². The summed E-state index contributed by atoms with van der Waals surface area (Å²) in [5, 5.41) is 8.39. The topological polar surface area (TPSA) is 37.3 Å². The zero-order valence-corrected chi connectivity index (χ0v) is 15.0. The zero-order valence-electron chi connectivity index (χ0n) is 15.0. The highest BCUT2D eigenvalue weighted by Crippen LogP contribution is 2.63. The van der Waals surface area contributed by atoms with Gasteiger partial charge in [0.1, 0.15) is 0 Å². The molecule has 32 heavy (non-hydrogen) atoms. The lowest BCUT2D eigenvalue weighted by Gasteiger charge is -2.42. The molecular weight excluding hydrogens is 504 g/mol. The van der Waals surface area contributed by atoms with Crippen LogP contribution in [0.1, 0.15) is 19.8 Å². The Morgan fingerprint density at radius 1 is 0.719 bits per heavy atom. The average Bonchev–Trinajstić information content (AvgIpc) is 2.59. The van der Waals surface area contributed by atoms with Crippen molar-refractivity contribution >= 4 is 5.97 Å². The Hall–Kier alpha value is -1.91. The highest BCUT2D eigenvalue weighted by Gasteiger charge is 2.93. The van der Waals surface area contributed by atoms with Crippen molar-refractivity contribution in [3.8, 4) is 0 Å². The lowest BCUT2D eigenvalue weighted by atomic mass is 9.88. The monoisotopic (exact) mass is 514 g/mol. The van der Waals surface area contributed by atoms with E-state index >= 15 is 0 Å². The number of hydrogen-bond donors (Lipinski definition) is 1. The lowest BCUT2D eigenvalue weighted by Crippen LogP contribution is -2.73. The summed E-state index contributed by atoms with van der Waals surface area (Å²) in [6.45, 7) is 0.674. The van der Waals surface area contributed by atoms with Gasteiger partial charge in [-0.2, -0.15) is 61.5 Å². The fourth-order valence-corrected chi connectivity index (χ4v) is 1.88. The standard InChI is InChI=1S/C14H10F16O2/c1-5(6(31)32)3-2-4-8(17,18)10(21,22)12(25,26)14(29,30)13(27,28)11(23,24)9(19,20)7(15)16/h3,7H,2,4H2,1H3,(H,31,32). The van der Waals surface area contributed by atoms with E-state index in [1.807, 2.05) is 0 Å². The van der Waals surface area contributed by atoms with Gasteiger partial charge in [0.05, 0.1) is 0 Å². The van der Waals surface area contributed by atoms with Crippen molar-refractivity contribution in [1.82, 2.24) is 0 Å². The quantitative estimate of drug-likeness (QED) is 0.252. The summed E-state index contributed by atoms with van der Waals surface area (Å²) >= 11 is 0. The van der Waals surface area contributed by atoms with Crippen molar-refractivity contribution in [2.75, 3.05) is 0 Å². The van der Waals surface area contributed by atoms with Crippen LogP contribution in [0, 0.1) is 0 Å². The summed E-state index contributed by atoms with van der Waals surface area (Å²) in [5.74, 6) is -56.6. The number of allylic oxidation sites excluding steroid dienone is 1. The Kier molecular flexibility index (Phi) is 7.95. The smallest absolute Gasteiger partial charge is 0.384 e. The predicted octanol–water partition coefficient (Wildman–Crippen LogP) is 6.51. The molecule has 0 aromatic carbocycles. The molecule has 0 saturated carbocycles. The van der Waals surface area contributed by atoms with Crippen molar-refractivity contribution in [3.63, 3.8) is 0 Å². The predicted molar refractivity (Wildman–Crippen MR) is 71.3 cm³/mol. The maximum absolute atomic E-state index is 13.5. The second kappa shape index (κ2) is 8.46. The Bertz CT molecular complexity index is 724. The number of aliphatic carboxylic acids is 1. The minimum absolute atomic E-state index is 0.189. The van der Waals surface area contributed by atoms with Gasteiger partial charge in [-0.1, -0.05) is 6.08 Å². The van der Waals surface area contributed by atoms with Gasteiger partial charge in [-0.05, 0) is 13.3 Å². The summed E-state index contributed by atoms with van der Waals surface area (Å²) < 4.78 is 209. The van der Waals surface area contributed by atoms with Crippen LogP contribution in [0.5, 0.6) is 0 Å². The molecular formula is C14H10F16O2. The van der Waals surface area contributed by atoms with E-state index in [4.69, 9.17) is 5.11 Å². The van der Waals surface area contributed by atoms with E-state index in [0.29, 0.717) is 6.92 Å². The Labute approximate surface area is 166 Å². The molecule has 0 fully saturated rings. The van der Waals surface area contributed by atoms with E-state index in [2.05, 4.69) is 0 Å². The molecule has 0 aromatic rings. The first-order chi connectivity index (χ1) is 13.8. The van der Waals surface area contributed by atoms with Crippen molar-refractivity contribution in [2.24, 2.45) is 0 Å². The third-order valence-electron chi connectivity index (χ3n) is 3.98. The van der Waals surface area contributed by atoms with Gasteiger partial charge >= 0.3 is 53.9 Å². The molecule has 0 aliphatic rings. The molecule has 0 aliphatic heterocycles. The number of carboxylic acids is 1. The van der Waals surface area contributed by atoms with E-state index in [0.717, 1.165) is 0 Å². The third kappa shape index (κ3) is 4.32. The molecule has 0 radical (unpaired) electrons. The van der Waals surface area contributed by atoms with Crippen LogP contribution >= 0.6 is 0 Å². The summed E-state index contributed by atoms with van der Waals surface area (Å²) in [6, 6.07) is 0. The minimum Gasteiger partial charge on any atom is -0.478 e. The normalized spacial score (nSPS) is 16.0. The molecule has 0 amide bonds. The van der Waals surface area contributed by atoms with E-state index in [1.165, 1.54) is 0 Å². The van der Waals surface area contributed by atoms with Crippen LogP contribution in [-0.4, -0.2) is 59.0 Å². The first-order valence-electron chi connectivity index (χ1n) is 7.60. The lowest BCUT2D eigenvalue weighted by molar-refractivity contribution is -0.447. The molecule has 0 spiro atoms. The van der Waals surface area contributed by atoms with Crippen LogP contribution in [0.4, 0.5) is 70.2 Å². The number of carboxylic acid groups (broad SMARTS) is 1. The molecule has 0 atom stereocenters. The highest BCUT2D eigenvalue weighted by atomic mass is 19.4. The molecule has 0 aliphatic carbocycles. The van der Waals surface area contributed by atoms with Gasteiger partial charge < -0.3 is 5.11 Å². The second-order valence-corrected chi connectivity index (χ2v) is 6.23. The number of hydrogen-bond acceptors (Lipinski definition) is 1. The van der Waals surface area contributed by atoms with E-state index in [1.54, 1.807) is 0 Å². The SMILES string of the molecule is CC(=CCCC(F)(F)C(F)(F)C(F)(F)C(F)(F)C(F)(F)C(F)(F)C(F)(F)C(F)F)C(=O)O. The largest absolute Gasteiger partial charge is 0.478 e. The van der Waals surface area contributed by atoms with E-state index < -0.39 is 72.3 Å². The maximum Gasteiger partial charge on any atom is 0.384 e. The first-order valence-corrected chi connectivity index (χ1v) is 7.60. The Balaban J connectivity index is 6.37. The third-order valence-corrected chi connectivity index (χ3v) is 3.98. The van der Waals surface area contributed by atoms with Crippen molar-refractivity contribution < 1.29 is 80.1 Å². The molecule has 0 unspecified atom stereocenters. The minimum atomic E-state index is -8.43. The molecule has 0 rings (SSSR count). The van der Waals surface area contributed by atoms with Gasteiger partial charge in [0, 0.05) is 12.0 Å². The molecule has 2 nitrogen and oxygen atoms in total. The van der Waals surface area contributed by atoms with Gasteiger partial charge in [0.2, 0.25) is 0 Å².